The normalized spacial score (nSPS) is 10.3. The van der Waals surface area contributed by atoms with Crippen molar-refractivity contribution in [3.63, 3.8) is 0 Å². The first-order valence-corrected chi connectivity index (χ1v) is 5.05. The van der Waals surface area contributed by atoms with Crippen LogP contribution in [0, 0.1) is 0 Å². The van der Waals surface area contributed by atoms with Crippen molar-refractivity contribution in [1.29, 1.82) is 0 Å². The first kappa shape index (κ1) is 14.7. The molecule has 0 aliphatic carbocycles. The Morgan fingerprint density at radius 1 is 1.40 bits per heavy atom. The Morgan fingerprint density at radius 3 is 2.60 bits per heavy atom. The second-order valence-corrected chi connectivity index (χ2v) is 3.53. The van der Waals surface area contributed by atoms with E-state index in [1.165, 1.54) is 13.2 Å². The molecule has 0 aliphatic heterocycles. The molecule has 78 valence electrons. The van der Waals surface area contributed by atoms with Gasteiger partial charge in [0.05, 0.1) is 12.8 Å². The molecule has 0 saturated carbocycles. The third-order valence-electron chi connectivity index (χ3n) is 1.39. The predicted octanol–water partition coefficient (Wildman–Crippen LogP) is -2.92. The van der Waals surface area contributed by atoms with Gasteiger partial charge in [-0.25, -0.2) is 8.42 Å². The molecule has 0 amide bonds. The van der Waals surface area contributed by atoms with E-state index in [0.29, 0.717) is 11.4 Å². The SMILES string of the molecule is COc1cccc(NNS(=O)(=O)[O-])c1.[Na+]. The van der Waals surface area contributed by atoms with Crippen LogP contribution in [-0.4, -0.2) is 20.1 Å². The fourth-order valence-electron chi connectivity index (χ4n) is 0.822. The Morgan fingerprint density at radius 2 is 2.07 bits per heavy atom. The molecule has 0 unspecified atom stereocenters. The van der Waals surface area contributed by atoms with Gasteiger partial charge in [-0.05, 0) is 12.1 Å². The number of benzene rings is 1. The summed E-state index contributed by atoms with van der Waals surface area (Å²) in [6.07, 6.45) is 0. The maximum absolute atomic E-state index is 10.2. The summed E-state index contributed by atoms with van der Waals surface area (Å²) in [6.45, 7) is 0. The van der Waals surface area contributed by atoms with Gasteiger partial charge in [0.1, 0.15) is 5.75 Å². The maximum atomic E-state index is 10.2. The quantitative estimate of drug-likeness (QED) is 0.334. The zero-order chi connectivity index (χ0) is 10.6. The topological polar surface area (TPSA) is 90.5 Å². The number of hydrazine groups is 1. The molecule has 1 aromatic carbocycles. The van der Waals surface area contributed by atoms with Crippen LogP contribution in [-0.2, 0) is 10.3 Å². The third-order valence-corrected chi connectivity index (χ3v) is 1.74. The van der Waals surface area contributed by atoms with Gasteiger partial charge in [-0.3, -0.25) is 0 Å². The summed E-state index contributed by atoms with van der Waals surface area (Å²) in [4.78, 5) is 1.60. The Labute approximate surface area is 110 Å². The van der Waals surface area contributed by atoms with Crippen molar-refractivity contribution in [2.24, 2.45) is 0 Å². The molecule has 1 rings (SSSR count). The molecule has 0 spiro atoms. The summed E-state index contributed by atoms with van der Waals surface area (Å²) in [5.41, 5.74) is 2.65. The van der Waals surface area contributed by atoms with Crippen LogP contribution in [0.2, 0.25) is 0 Å². The molecule has 8 heteroatoms. The standard InChI is InChI=1S/C7H10N2O4S.Na/c1-13-7-4-2-3-6(5-7)8-9-14(10,11)12;/h2-5,8-9H,1H3,(H,10,11,12);/q;+1/p-1. The number of nitrogens with one attached hydrogen (secondary N) is 2. The third kappa shape index (κ3) is 5.98. The molecule has 0 fully saturated rings. The summed E-state index contributed by atoms with van der Waals surface area (Å²) in [5.74, 6) is 0.556. The second-order valence-electron chi connectivity index (χ2n) is 2.41. The minimum atomic E-state index is -4.49. The van der Waals surface area contributed by atoms with Gasteiger partial charge in [0.15, 0.2) is 10.3 Å². The Balaban J connectivity index is 0.00000196. The number of methoxy groups -OCH3 is 1. The Hall–Kier alpha value is -0.310. The summed E-state index contributed by atoms with van der Waals surface area (Å²) in [5, 5.41) is 0. The second kappa shape index (κ2) is 6.31. The van der Waals surface area contributed by atoms with Gasteiger partial charge < -0.3 is 14.7 Å². The van der Waals surface area contributed by atoms with E-state index in [4.69, 9.17) is 4.74 Å². The predicted molar refractivity (Wildman–Crippen MR) is 49.4 cm³/mol. The van der Waals surface area contributed by atoms with Crippen molar-refractivity contribution in [1.82, 2.24) is 4.83 Å². The fraction of sp³-hybridized carbons (Fsp3) is 0.143. The smallest absolute Gasteiger partial charge is 0.734 e. The number of anilines is 1. The first-order chi connectivity index (χ1) is 6.51. The van der Waals surface area contributed by atoms with E-state index in [0.717, 1.165) is 0 Å². The van der Waals surface area contributed by atoms with E-state index in [1.54, 1.807) is 23.0 Å². The zero-order valence-corrected chi connectivity index (χ0v) is 11.2. The van der Waals surface area contributed by atoms with Crippen molar-refractivity contribution >= 4 is 16.0 Å². The maximum Gasteiger partial charge on any atom is 1.00 e. The Kier molecular flexibility index (Phi) is 6.18. The molecule has 0 aliphatic rings. The number of hydrogen-bond acceptors (Lipinski definition) is 5. The van der Waals surface area contributed by atoms with Crippen LogP contribution in [0.5, 0.6) is 5.75 Å². The molecule has 0 radical (unpaired) electrons. The van der Waals surface area contributed by atoms with Crippen LogP contribution in [0.1, 0.15) is 0 Å². The largest absolute Gasteiger partial charge is 1.00 e. The van der Waals surface area contributed by atoms with Gasteiger partial charge in [-0.2, -0.15) is 0 Å². The summed E-state index contributed by atoms with van der Waals surface area (Å²) in [6, 6.07) is 6.47. The molecular weight excluding hydrogens is 231 g/mol. The minimum absolute atomic E-state index is 0. The van der Waals surface area contributed by atoms with Gasteiger partial charge >= 0.3 is 29.6 Å². The van der Waals surface area contributed by atoms with Gasteiger partial charge in [0, 0.05) is 6.07 Å². The molecular formula is C7H9N2NaO4S. The molecule has 1 aromatic rings. The summed E-state index contributed by atoms with van der Waals surface area (Å²) < 4.78 is 35.5. The Bertz CT molecular complexity index is 409. The van der Waals surface area contributed by atoms with Crippen molar-refractivity contribution in [2.45, 2.75) is 0 Å². The van der Waals surface area contributed by atoms with Crippen LogP contribution in [0.3, 0.4) is 0 Å². The average molecular weight is 240 g/mol. The summed E-state index contributed by atoms with van der Waals surface area (Å²) >= 11 is 0. The molecule has 0 heterocycles. The van der Waals surface area contributed by atoms with Crippen molar-refractivity contribution in [3.8, 4) is 5.75 Å². The molecule has 6 nitrogen and oxygen atoms in total. The molecule has 0 aromatic heterocycles. The fourth-order valence-corrected chi connectivity index (χ4v) is 1.07. The van der Waals surface area contributed by atoms with Crippen molar-refractivity contribution in [2.75, 3.05) is 12.5 Å². The summed E-state index contributed by atoms with van der Waals surface area (Å²) in [7, 11) is -3.01. The molecule has 15 heavy (non-hydrogen) atoms. The van der Waals surface area contributed by atoms with Gasteiger partial charge in [0.2, 0.25) is 0 Å². The van der Waals surface area contributed by atoms with Gasteiger partial charge in [-0.1, -0.05) is 6.07 Å². The minimum Gasteiger partial charge on any atom is -0.734 e. The van der Waals surface area contributed by atoms with Crippen LogP contribution >= 0.6 is 0 Å². The van der Waals surface area contributed by atoms with E-state index in [1.807, 2.05) is 0 Å². The van der Waals surface area contributed by atoms with Crippen molar-refractivity contribution in [3.05, 3.63) is 24.3 Å². The number of rotatable bonds is 4. The number of hydrogen-bond donors (Lipinski definition) is 2. The number of ether oxygens (including phenoxy) is 1. The van der Waals surface area contributed by atoms with E-state index in [9.17, 15) is 13.0 Å². The van der Waals surface area contributed by atoms with E-state index >= 15 is 0 Å². The molecule has 0 atom stereocenters. The van der Waals surface area contributed by atoms with Crippen LogP contribution in [0.25, 0.3) is 0 Å². The monoisotopic (exact) mass is 240 g/mol. The molecule has 2 N–H and O–H groups in total. The van der Waals surface area contributed by atoms with Crippen molar-refractivity contribution < 1.29 is 47.3 Å². The van der Waals surface area contributed by atoms with Crippen LogP contribution in [0.15, 0.2) is 24.3 Å². The molecule has 0 bridgehead atoms. The van der Waals surface area contributed by atoms with Crippen LogP contribution < -0.4 is 44.6 Å². The van der Waals surface area contributed by atoms with Crippen LogP contribution in [0.4, 0.5) is 5.69 Å². The van der Waals surface area contributed by atoms with Gasteiger partial charge in [-0.15, -0.1) is 4.83 Å². The average Bonchev–Trinajstić information content (AvgIpc) is 2.14. The zero-order valence-electron chi connectivity index (χ0n) is 8.35. The molecule has 0 saturated heterocycles. The van der Waals surface area contributed by atoms with E-state index in [-0.39, 0.29) is 29.6 Å². The van der Waals surface area contributed by atoms with Gasteiger partial charge in [0.25, 0.3) is 0 Å². The van der Waals surface area contributed by atoms with E-state index < -0.39 is 10.3 Å². The first-order valence-electron chi connectivity index (χ1n) is 3.64. The van der Waals surface area contributed by atoms with E-state index in [2.05, 4.69) is 5.43 Å².